The monoisotopic (exact) mass is 377 g/mol. The van der Waals surface area contributed by atoms with Crippen LogP contribution in [0.5, 0.6) is 0 Å². The molecule has 0 heterocycles. The number of carbonyl (C=O) groups is 6. The first-order chi connectivity index (χ1) is 11.9. The number of nitrogens with two attached hydrogens (primary N) is 1. The van der Waals surface area contributed by atoms with Crippen molar-refractivity contribution in [3.8, 4) is 0 Å². The molecule has 0 spiro atoms. The molecule has 0 aliphatic carbocycles. The van der Waals surface area contributed by atoms with Crippen LogP contribution in [0.4, 0.5) is 0 Å². The van der Waals surface area contributed by atoms with Crippen molar-refractivity contribution in [1.82, 2.24) is 10.6 Å². The first-order valence-corrected chi connectivity index (χ1v) is 7.18. The summed E-state index contributed by atoms with van der Waals surface area (Å²) in [7, 11) is 0. The number of carbonyl (C=O) groups excluding carboxylic acids is 2. The Morgan fingerprint density at radius 2 is 1.23 bits per heavy atom. The van der Waals surface area contributed by atoms with Crippen LogP contribution in [0.2, 0.25) is 0 Å². The summed E-state index contributed by atoms with van der Waals surface area (Å²) in [4.78, 5) is 66.7. The van der Waals surface area contributed by atoms with Gasteiger partial charge in [-0.1, -0.05) is 0 Å². The second kappa shape index (κ2) is 10.6. The van der Waals surface area contributed by atoms with Crippen LogP contribution in [-0.2, 0) is 28.8 Å². The van der Waals surface area contributed by atoms with Gasteiger partial charge < -0.3 is 36.8 Å². The summed E-state index contributed by atoms with van der Waals surface area (Å²) < 4.78 is 0. The normalized spacial score (nSPS) is 13.7. The van der Waals surface area contributed by atoms with Crippen molar-refractivity contribution >= 4 is 35.7 Å². The molecule has 0 aromatic heterocycles. The first-order valence-electron chi connectivity index (χ1n) is 7.18. The molecule has 0 saturated carbocycles. The van der Waals surface area contributed by atoms with Gasteiger partial charge in [-0.3, -0.25) is 24.0 Å². The summed E-state index contributed by atoms with van der Waals surface area (Å²) in [6.45, 7) is 0. The molecule has 13 nitrogen and oxygen atoms in total. The molecule has 13 heteroatoms. The van der Waals surface area contributed by atoms with Crippen LogP contribution in [0.3, 0.4) is 0 Å². The third-order valence-corrected chi connectivity index (χ3v) is 3.00. The molecule has 2 amide bonds. The van der Waals surface area contributed by atoms with E-state index in [9.17, 15) is 28.8 Å². The van der Waals surface area contributed by atoms with E-state index < -0.39 is 79.5 Å². The zero-order valence-electron chi connectivity index (χ0n) is 13.4. The molecule has 0 aliphatic heterocycles. The Balaban J connectivity index is 5.08. The van der Waals surface area contributed by atoms with Crippen molar-refractivity contribution in [3.63, 3.8) is 0 Å². The van der Waals surface area contributed by atoms with Crippen LogP contribution < -0.4 is 16.4 Å². The fourth-order valence-electron chi connectivity index (χ4n) is 1.74. The van der Waals surface area contributed by atoms with Gasteiger partial charge >= 0.3 is 23.9 Å². The summed E-state index contributed by atoms with van der Waals surface area (Å²) in [5.41, 5.74) is 5.30. The Hall–Kier alpha value is -3.22. The van der Waals surface area contributed by atoms with E-state index in [1.165, 1.54) is 0 Å². The number of carboxylic acids is 4. The predicted octanol–water partition coefficient (Wildman–Crippen LogP) is -2.82. The van der Waals surface area contributed by atoms with E-state index in [-0.39, 0.29) is 0 Å². The molecular weight excluding hydrogens is 358 g/mol. The molecule has 0 aliphatic rings. The highest BCUT2D eigenvalue weighted by atomic mass is 16.4. The van der Waals surface area contributed by atoms with Gasteiger partial charge in [0.15, 0.2) is 0 Å². The second-order valence-corrected chi connectivity index (χ2v) is 5.20. The Labute approximate surface area is 146 Å². The van der Waals surface area contributed by atoms with Crippen molar-refractivity contribution in [2.75, 3.05) is 0 Å². The maximum atomic E-state index is 12.1. The van der Waals surface area contributed by atoms with Gasteiger partial charge in [-0.25, -0.2) is 4.79 Å². The molecule has 0 fully saturated rings. The first kappa shape index (κ1) is 22.8. The quantitative estimate of drug-likeness (QED) is 0.183. The summed E-state index contributed by atoms with van der Waals surface area (Å²) in [5, 5.41) is 38.7. The second-order valence-electron chi connectivity index (χ2n) is 5.20. The highest BCUT2D eigenvalue weighted by molar-refractivity contribution is 5.94. The molecule has 0 bridgehead atoms. The summed E-state index contributed by atoms with van der Waals surface area (Å²) >= 11 is 0. The molecule has 0 rings (SSSR count). The van der Waals surface area contributed by atoms with E-state index in [1.54, 1.807) is 0 Å². The lowest BCUT2D eigenvalue weighted by Crippen LogP contribution is -2.55. The van der Waals surface area contributed by atoms with Crippen LogP contribution in [0.1, 0.15) is 25.7 Å². The van der Waals surface area contributed by atoms with Crippen LogP contribution >= 0.6 is 0 Å². The smallest absolute Gasteiger partial charge is 0.326 e. The Morgan fingerprint density at radius 1 is 0.731 bits per heavy atom. The van der Waals surface area contributed by atoms with E-state index in [0.29, 0.717) is 0 Å². The van der Waals surface area contributed by atoms with Crippen LogP contribution in [0, 0.1) is 0 Å². The predicted molar refractivity (Wildman–Crippen MR) is 80.8 cm³/mol. The Bertz CT molecular complexity index is 591. The van der Waals surface area contributed by atoms with E-state index in [0.717, 1.165) is 0 Å². The summed E-state index contributed by atoms with van der Waals surface area (Å²) in [6, 6.07) is -4.91. The maximum absolute atomic E-state index is 12.1. The lowest BCUT2D eigenvalue weighted by Gasteiger charge is -2.21. The van der Waals surface area contributed by atoms with Gasteiger partial charge in [0.05, 0.1) is 18.9 Å². The Morgan fingerprint density at radius 3 is 1.65 bits per heavy atom. The van der Waals surface area contributed by atoms with Crippen molar-refractivity contribution in [1.29, 1.82) is 0 Å². The summed E-state index contributed by atoms with van der Waals surface area (Å²) in [6.07, 6.45) is -2.74. The number of nitrogens with one attached hydrogen (secondary N) is 2. The number of hydrogen-bond donors (Lipinski definition) is 7. The number of amides is 2. The molecular formula is C13H19N3O10. The van der Waals surface area contributed by atoms with E-state index in [2.05, 4.69) is 0 Å². The van der Waals surface area contributed by atoms with Crippen molar-refractivity contribution < 1.29 is 49.2 Å². The standard InChI is InChI=1S/C13H19N3O10/c14-5(3-9(19)20)11(23)16-7(4-10(21)22)12(24)15-6(13(25)26)1-2-8(17)18/h5-7H,1-4,14H2,(H,15,24)(H,16,23)(H,17,18)(H,19,20)(H,21,22)(H,25,26)/t5-,6-,7-/m0/s1. The number of hydrogen-bond acceptors (Lipinski definition) is 7. The summed E-state index contributed by atoms with van der Waals surface area (Å²) in [5.74, 6) is -8.07. The number of carboxylic acid groups (broad SMARTS) is 4. The third-order valence-electron chi connectivity index (χ3n) is 3.00. The minimum atomic E-state index is -1.73. The van der Waals surface area contributed by atoms with Crippen LogP contribution in [-0.4, -0.2) is 74.2 Å². The highest BCUT2D eigenvalue weighted by Crippen LogP contribution is 2.02. The van der Waals surface area contributed by atoms with Gasteiger partial charge in [-0.15, -0.1) is 0 Å². The van der Waals surface area contributed by atoms with Gasteiger partial charge in [0.2, 0.25) is 11.8 Å². The molecule has 26 heavy (non-hydrogen) atoms. The molecule has 0 unspecified atom stereocenters. The van der Waals surface area contributed by atoms with Crippen LogP contribution in [0.25, 0.3) is 0 Å². The Kier molecular flexibility index (Phi) is 9.29. The molecule has 8 N–H and O–H groups in total. The minimum absolute atomic E-state index is 0.470. The number of aliphatic carboxylic acids is 4. The zero-order chi connectivity index (χ0) is 20.4. The van der Waals surface area contributed by atoms with E-state index >= 15 is 0 Å². The maximum Gasteiger partial charge on any atom is 0.326 e. The molecule has 0 aromatic carbocycles. The topological polar surface area (TPSA) is 233 Å². The van der Waals surface area contributed by atoms with Crippen molar-refractivity contribution in [2.24, 2.45) is 5.73 Å². The van der Waals surface area contributed by atoms with Gasteiger partial charge in [0, 0.05) is 6.42 Å². The van der Waals surface area contributed by atoms with Gasteiger partial charge in [0.25, 0.3) is 0 Å². The zero-order valence-corrected chi connectivity index (χ0v) is 13.4. The highest BCUT2D eigenvalue weighted by Gasteiger charge is 2.30. The number of rotatable bonds is 12. The molecule has 0 radical (unpaired) electrons. The fraction of sp³-hybridized carbons (Fsp3) is 0.538. The SMILES string of the molecule is N[C@@H](CC(=O)O)C(=O)N[C@@H](CC(=O)O)C(=O)N[C@@H](CCC(=O)O)C(=O)O. The average Bonchev–Trinajstić information content (AvgIpc) is 2.48. The average molecular weight is 377 g/mol. The van der Waals surface area contributed by atoms with Gasteiger partial charge in [0.1, 0.15) is 12.1 Å². The third kappa shape index (κ3) is 9.17. The van der Waals surface area contributed by atoms with E-state index in [1.807, 2.05) is 10.6 Å². The lowest BCUT2D eigenvalue weighted by atomic mass is 10.1. The molecule has 0 aromatic rings. The van der Waals surface area contributed by atoms with Crippen molar-refractivity contribution in [3.05, 3.63) is 0 Å². The van der Waals surface area contributed by atoms with Crippen molar-refractivity contribution in [2.45, 2.75) is 43.8 Å². The van der Waals surface area contributed by atoms with E-state index in [4.69, 9.17) is 26.2 Å². The van der Waals surface area contributed by atoms with Gasteiger partial charge in [-0.2, -0.15) is 0 Å². The lowest BCUT2D eigenvalue weighted by molar-refractivity contribution is -0.144. The molecule has 0 saturated heterocycles. The fourth-order valence-corrected chi connectivity index (χ4v) is 1.74. The largest absolute Gasteiger partial charge is 0.481 e. The van der Waals surface area contributed by atoms with Gasteiger partial charge in [-0.05, 0) is 6.42 Å². The minimum Gasteiger partial charge on any atom is -0.481 e. The molecule has 146 valence electrons. The molecule has 3 atom stereocenters. The van der Waals surface area contributed by atoms with Crippen LogP contribution in [0.15, 0.2) is 0 Å².